The van der Waals surface area contributed by atoms with Crippen molar-refractivity contribution in [2.45, 2.75) is 33.8 Å². The molecule has 2 aromatic carbocycles. The molecule has 0 saturated carbocycles. The van der Waals surface area contributed by atoms with Crippen molar-refractivity contribution in [2.75, 3.05) is 5.43 Å². The van der Waals surface area contributed by atoms with Gasteiger partial charge in [-0.05, 0) is 63.1 Å². The zero-order chi connectivity index (χ0) is 18.5. The van der Waals surface area contributed by atoms with Crippen molar-refractivity contribution in [3.8, 4) is 17.0 Å². The van der Waals surface area contributed by atoms with E-state index in [1.807, 2.05) is 43.5 Å². The van der Waals surface area contributed by atoms with Crippen LogP contribution >= 0.6 is 11.3 Å². The van der Waals surface area contributed by atoms with E-state index in [0.29, 0.717) is 0 Å². The van der Waals surface area contributed by atoms with Gasteiger partial charge >= 0.3 is 0 Å². The van der Waals surface area contributed by atoms with E-state index in [9.17, 15) is 0 Å². The molecule has 0 unspecified atom stereocenters. The molecule has 0 aliphatic carbocycles. The molecule has 26 heavy (non-hydrogen) atoms. The van der Waals surface area contributed by atoms with Gasteiger partial charge in [-0.1, -0.05) is 23.8 Å². The molecule has 0 atom stereocenters. The average Bonchev–Trinajstić information content (AvgIpc) is 3.04. The van der Waals surface area contributed by atoms with Crippen LogP contribution in [0.15, 0.2) is 52.9 Å². The highest BCUT2D eigenvalue weighted by Gasteiger charge is 2.06. The lowest BCUT2D eigenvalue weighted by molar-refractivity contribution is 0.242. The van der Waals surface area contributed by atoms with Crippen molar-refractivity contribution in [3.05, 3.63) is 64.5 Å². The van der Waals surface area contributed by atoms with Gasteiger partial charge in [-0.25, -0.2) is 4.98 Å². The molecule has 134 valence electrons. The molecule has 0 saturated heterocycles. The summed E-state index contributed by atoms with van der Waals surface area (Å²) in [5.74, 6) is 0.864. The number of hydrazone groups is 1. The van der Waals surface area contributed by atoms with Gasteiger partial charge in [0.05, 0.1) is 18.0 Å². The van der Waals surface area contributed by atoms with Crippen LogP contribution in [0.25, 0.3) is 11.3 Å². The average molecular weight is 366 g/mol. The minimum Gasteiger partial charge on any atom is -0.491 e. The van der Waals surface area contributed by atoms with Crippen molar-refractivity contribution in [1.82, 2.24) is 4.98 Å². The molecular weight excluding hydrogens is 342 g/mol. The molecule has 0 radical (unpaired) electrons. The van der Waals surface area contributed by atoms with Gasteiger partial charge < -0.3 is 4.74 Å². The van der Waals surface area contributed by atoms with E-state index in [1.165, 1.54) is 11.1 Å². The first kappa shape index (κ1) is 18.1. The largest absolute Gasteiger partial charge is 0.491 e. The maximum absolute atomic E-state index is 5.64. The Labute approximate surface area is 158 Å². The molecule has 1 aromatic heterocycles. The first-order valence-electron chi connectivity index (χ1n) is 8.60. The first-order chi connectivity index (χ1) is 12.5. The summed E-state index contributed by atoms with van der Waals surface area (Å²) in [5, 5.41) is 7.10. The second kappa shape index (κ2) is 8.15. The highest BCUT2D eigenvalue weighted by atomic mass is 32.1. The molecule has 0 spiro atoms. The number of aromatic nitrogens is 1. The standard InChI is InChI=1S/C21H23N3OS/c1-14(2)25-18-8-6-17(7-9-18)12-22-24-21-23-20(13-26-21)19-10-5-15(3)11-16(19)4/h5-14H,1-4H3,(H,23,24)/b22-12-. The molecule has 0 aliphatic heterocycles. The zero-order valence-corrected chi connectivity index (χ0v) is 16.3. The first-order valence-corrected chi connectivity index (χ1v) is 9.48. The van der Waals surface area contributed by atoms with Crippen LogP contribution in [0.4, 0.5) is 5.13 Å². The van der Waals surface area contributed by atoms with Gasteiger partial charge in [0.1, 0.15) is 5.75 Å². The van der Waals surface area contributed by atoms with Gasteiger partial charge in [0.25, 0.3) is 0 Å². The second-order valence-electron chi connectivity index (χ2n) is 6.46. The fourth-order valence-electron chi connectivity index (χ4n) is 2.62. The lowest BCUT2D eigenvalue weighted by Crippen LogP contribution is -2.05. The van der Waals surface area contributed by atoms with Crippen LogP contribution < -0.4 is 10.2 Å². The molecule has 1 heterocycles. The molecule has 0 aliphatic rings. The van der Waals surface area contributed by atoms with Crippen LogP contribution in [-0.4, -0.2) is 17.3 Å². The van der Waals surface area contributed by atoms with E-state index in [2.05, 4.69) is 47.6 Å². The molecule has 1 N–H and O–H groups in total. The molecule has 3 aromatic rings. The predicted octanol–water partition coefficient (Wildman–Crippen LogP) is 5.66. The maximum atomic E-state index is 5.64. The van der Waals surface area contributed by atoms with Crippen molar-refractivity contribution in [3.63, 3.8) is 0 Å². The Hall–Kier alpha value is -2.66. The number of rotatable bonds is 6. The van der Waals surface area contributed by atoms with Gasteiger partial charge in [0.15, 0.2) is 0 Å². The van der Waals surface area contributed by atoms with Crippen molar-refractivity contribution < 1.29 is 4.74 Å². The summed E-state index contributed by atoms with van der Waals surface area (Å²) < 4.78 is 5.64. The molecule has 4 nitrogen and oxygen atoms in total. The SMILES string of the molecule is Cc1ccc(-c2csc(N/N=C\c3ccc(OC(C)C)cc3)n2)c(C)c1. The van der Waals surface area contributed by atoms with Gasteiger partial charge in [-0.15, -0.1) is 11.3 Å². The van der Waals surface area contributed by atoms with E-state index in [-0.39, 0.29) is 6.10 Å². The van der Waals surface area contributed by atoms with Crippen LogP contribution in [0.1, 0.15) is 30.5 Å². The normalized spacial score (nSPS) is 11.3. The number of ether oxygens (including phenoxy) is 1. The molecule has 5 heteroatoms. The highest BCUT2D eigenvalue weighted by Crippen LogP contribution is 2.27. The summed E-state index contributed by atoms with van der Waals surface area (Å²) in [6, 6.07) is 14.3. The summed E-state index contributed by atoms with van der Waals surface area (Å²) in [6.07, 6.45) is 1.95. The Morgan fingerprint density at radius 1 is 1.12 bits per heavy atom. The maximum Gasteiger partial charge on any atom is 0.203 e. The summed E-state index contributed by atoms with van der Waals surface area (Å²) in [4.78, 5) is 4.62. The van der Waals surface area contributed by atoms with Crippen LogP contribution in [0, 0.1) is 13.8 Å². The Morgan fingerprint density at radius 3 is 2.58 bits per heavy atom. The van der Waals surface area contributed by atoms with Crippen molar-refractivity contribution in [1.29, 1.82) is 0 Å². The predicted molar refractivity (Wildman–Crippen MR) is 110 cm³/mol. The zero-order valence-electron chi connectivity index (χ0n) is 15.5. The van der Waals surface area contributed by atoms with Crippen LogP contribution in [-0.2, 0) is 0 Å². The lowest BCUT2D eigenvalue weighted by Gasteiger charge is -2.09. The minimum atomic E-state index is 0.174. The van der Waals surface area contributed by atoms with E-state index >= 15 is 0 Å². The third-order valence-electron chi connectivity index (χ3n) is 3.79. The van der Waals surface area contributed by atoms with E-state index in [0.717, 1.165) is 27.7 Å². The van der Waals surface area contributed by atoms with E-state index in [4.69, 9.17) is 4.74 Å². The molecular formula is C21H23N3OS. The van der Waals surface area contributed by atoms with Crippen LogP contribution in [0.3, 0.4) is 0 Å². The molecule has 0 amide bonds. The summed E-state index contributed by atoms with van der Waals surface area (Å²) in [5.41, 5.74) is 8.63. The number of aryl methyl sites for hydroxylation is 2. The lowest BCUT2D eigenvalue weighted by atomic mass is 10.0. The van der Waals surface area contributed by atoms with Gasteiger partial charge in [0.2, 0.25) is 5.13 Å². The number of anilines is 1. The number of nitrogens with one attached hydrogen (secondary N) is 1. The van der Waals surface area contributed by atoms with Gasteiger partial charge in [-0.2, -0.15) is 5.10 Å². The fraction of sp³-hybridized carbons (Fsp3) is 0.238. The van der Waals surface area contributed by atoms with E-state index < -0.39 is 0 Å². The third-order valence-corrected chi connectivity index (χ3v) is 4.53. The Morgan fingerprint density at radius 2 is 1.88 bits per heavy atom. The smallest absolute Gasteiger partial charge is 0.203 e. The topological polar surface area (TPSA) is 46.5 Å². The summed E-state index contributed by atoms with van der Waals surface area (Å²) in [6.45, 7) is 8.24. The van der Waals surface area contributed by atoms with Crippen LogP contribution in [0.5, 0.6) is 5.75 Å². The van der Waals surface area contributed by atoms with Crippen molar-refractivity contribution in [2.24, 2.45) is 5.10 Å². The summed E-state index contributed by atoms with van der Waals surface area (Å²) in [7, 11) is 0. The number of thiazole rings is 1. The highest BCUT2D eigenvalue weighted by molar-refractivity contribution is 7.14. The Balaban J connectivity index is 1.63. The monoisotopic (exact) mass is 365 g/mol. The van der Waals surface area contributed by atoms with Gasteiger partial charge in [-0.3, -0.25) is 5.43 Å². The molecule has 0 bridgehead atoms. The number of hydrogen-bond donors (Lipinski definition) is 1. The second-order valence-corrected chi connectivity index (χ2v) is 7.32. The third kappa shape index (κ3) is 4.70. The number of benzene rings is 2. The summed E-state index contributed by atoms with van der Waals surface area (Å²) >= 11 is 1.55. The Bertz CT molecular complexity index is 898. The van der Waals surface area contributed by atoms with Gasteiger partial charge in [0, 0.05) is 10.9 Å². The minimum absolute atomic E-state index is 0.174. The van der Waals surface area contributed by atoms with Crippen molar-refractivity contribution >= 4 is 22.7 Å². The molecule has 0 fully saturated rings. The van der Waals surface area contributed by atoms with E-state index in [1.54, 1.807) is 17.6 Å². The Kier molecular flexibility index (Phi) is 5.68. The number of hydrogen-bond acceptors (Lipinski definition) is 5. The van der Waals surface area contributed by atoms with Crippen LogP contribution in [0.2, 0.25) is 0 Å². The fourth-order valence-corrected chi connectivity index (χ4v) is 3.28. The number of nitrogens with zero attached hydrogens (tertiary/aromatic N) is 2. The quantitative estimate of drug-likeness (QED) is 0.453. The molecule has 3 rings (SSSR count).